The minimum atomic E-state index is 0.543. The van der Waals surface area contributed by atoms with Crippen LogP contribution in [0.1, 0.15) is 11.1 Å². The normalized spacial score (nSPS) is 10.0. The first-order valence-electron chi connectivity index (χ1n) is 8.24. The Labute approximate surface area is 152 Å². The summed E-state index contributed by atoms with van der Waals surface area (Å²) in [6.45, 7) is 0.688. The van der Waals surface area contributed by atoms with Crippen LogP contribution in [0.4, 0.5) is 17.5 Å². The van der Waals surface area contributed by atoms with E-state index in [-0.39, 0.29) is 0 Å². The van der Waals surface area contributed by atoms with Crippen molar-refractivity contribution in [3.05, 3.63) is 71.9 Å². The van der Waals surface area contributed by atoms with Gasteiger partial charge in [0.05, 0.1) is 18.7 Å². The highest BCUT2D eigenvalue weighted by Gasteiger charge is 2.03. The summed E-state index contributed by atoms with van der Waals surface area (Å²) in [7, 11) is 1.67. The number of nitrogens with zero attached hydrogens (tertiary/aromatic N) is 3. The molecule has 0 amide bonds. The SMILES string of the molecule is COc1ccccc1CCNc1nccc(Nc2cccc(C#N)c2)n1. The first kappa shape index (κ1) is 17.2. The van der Waals surface area contributed by atoms with Gasteiger partial charge in [0.25, 0.3) is 0 Å². The predicted octanol–water partition coefficient (Wildman–Crippen LogP) is 3.76. The second-order valence-electron chi connectivity index (χ2n) is 5.57. The Bertz CT molecular complexity index is 920. The van der Waals surface area contributed by atoms with E-state index in [0.717, 1.165) is 23.4 Å². The molecular formula is C20H19N5O. The fourth-order valence-corrected chi connectivity index (χ4v) is 2.55. The maximum absolute atomic E-state index is 8.98. The van der Waals surface area contributed by atoms with E-state index >= 15 is 0 Å². The van der Waals surface area contributed by atoms with Gasteiger partial charge in [-0.1, -0.05) is 24.3 Å². The van der Waals surface area contributed by atoms with Crippen molar-refractivity contribution in [3.8, 4) is 11.8 Å². The summed E-state index contributed by atoms with van der Waals surface area (Å²) in [6.07, 6.45) is 2.49. The van der Waals surface area contributed by atoms with Crippen molar-refractivity contribution >= 4 is 17.5 Å². The zero-order valence-corrected chi connectivity index (χ0v) is 14.4. The van der Waals surface area contributed by atoms with E-state index in [1.807, 2.05) is 36.4 Å². The van der Waals surface area contributed by atoms with Crippen LogP contribution in [0.25, 0.3) is 0 Å². The summed E-state index contributed by atoms with van der Waals surface area (Å²) in [4.78, 5) is 8.69. The first-order valence-corrected chi connectivity index (χ1v) is 8.24. The number of aromatic nitrogens is 2. The smallest absolute Gasteiger partial charge is 0.224 e. The van der Waals surface area contributed by atoms with Crippen molar-refractivity contribution in [1.82, 2.24) is 9.97 Å². The molecule has 0 fully saturated rings. The van der Waals surface area contributed by atoms with E-state index in [2.05, 4.69) is 26.7 Å². The number of hydrogen-bond donors (Lipinski definition) is 2. The number of hydrogen-bond acceptors (Lipinski definition) is 6. The zero-order chi connectivity index (χ0) is 18.2. The van der Waals surface area contributed by atoms with Crippen LogP contribution >= 0.6 is 0 Å². The van der Waals surface area contributed by atoms with Crippen LogP contribution in [0.5, 0.6) is 5.75 Å². The first-order chi connectivity index (χ1) is 12.8. The highest BCUT2D eigenvalue weighted by molar-refractivity contribution is 5.59. The van der Waals surface area contributed by atoms with Crippen LogP contribution in [-0.4, -0.2) is 23.6 Å². The van der Waals surface area contributed by atoms with Gasteiger partial charge in [0.2, 0.25) is 5.95 Å². The molecule has 1 aromatic heterocycles. The zero-order valence-electron chi connectivity index (χ0n) is 14.4. The van der Waals surface area contributed by atoms with Crippen molar-refractivity contribution < 1.29 is 4.74 Å². The summed E-state index contributed by atoms with van der Waals surface area (Å²) in [5, 5.41) is 15.4. The van der Waals surface area contributed by atoms with Gasteiger partial charge in [-0.3, -0.25) is 0 Å². The Hall–Kier alpha value is -3.59. The minimum Gasteiger partial charge on any atom is -0.496 e. The van der Waals surface area contributed by atoms with Gasteiger partial charge in [0.1, 0.15) is 11.6 Å². The Morgan fingerprint density at radius 1 is 1.12 bits per heavy atom. The molecule has 6 nitrogen and oxygen atoms in total. The highest BCUT2D eigenvalue weighted by atomic mass is 16.5. The van der Waals surface area contributed by atoms with Crippen LogP contribution in [0, 0.1) is 11.3 Å². The monoisotopic (exact) mass is 345 g/mol. The lowest BCUT2D eigenvalue weighted by molar-refractivity contribution is 0.410. The number of nitriles is 1. The molecule has 0 spiro atoms. The number of para-hydroxylation sites is 1. The Morgan fingerprint density at radius 3 is 2.85 bits per heavy atom. The van der Waals surface area contributed by atoms with E-state index in [1.54, 1.807) is 31.5 Å². The molecule has 130 valence electrons. The van der Waals surface area contributed by atoms with Gasteiger partial charge in [-0.05, 0) is 42.3 Å². The number of rotatable bonds is 7. The molecule has 0 saturated carbocycles. The molecule has 0 atom stereocenters. The number of methoxy groups -OCH3 is 1. The van der Waals surface area contributed by atoms with Gasteiger partial charge in [0.15, 0.2) is 0 Å². The van der Waals surface area contributed by atoms with Crippen molar-refractivity contribution in [2.75, 3.05) is 24.3 Å². The van der Waals surface area contributed by atoms with Gasteiger partial charge >= 0.3 is 0 Å². The molecule has 1 heterocycles. The van der Waals surface area contributed by atoms with Crippen molar-refractivity contribution in [1.29, 1.82) is 5.26 Å². The van der Waals surface area contributed by atoms with Crippen molar-refractivity contribution in [2.45, 2.75) is 6.42 Å². The molecule has 0 aliphatic heterocycles. The van der Waals surface area contributed by atoms with E-state index < -0.39 is 0 Å². The van der Waals surface area contributed by atoms with Crippen LogP contribution < -0.4 is 15.4 Å². The second kappa shape index (κ2) is 8.49. The standard InChI is InChI=1S/C20H19N5O/c1-26-18-8-3-2-6-16(18)9-11-22-20-23-12-10-19(25-20)24-17-7-4-5-15(13-17)14-21/h2-8,10,12-13H,9,11H2,1H3,(H2,22,23,24,25). The van der Waals surface area contributed by atoms with E-state index in [0.29, 0.717) is 23.9 Å². The summed E-state index contributed by atoms with van der Waals surface area (Å²) in [6, 6.07) is 19.1. The molecule has 26 heavy (non-hydrogen) atoms. The largest absolute Gasteiger partial charge is 0.496 e. The summed E-state index contributed by atoms with van der Waals surface area (Å²) < 4.78 is 5.36. The van der Waals surface area contributed by atoms with Crippen LogP contribution in [0.3, 0.4) is 0 Å². The van der Waals surface area contributed by atoms with E-state index in [9.17, 15) is 0 Å². The molecule has 2 aromatic carbocycles. The van der Waals surface area contributed by atoms with Crippen molar-refractivity contribution in [3.63, 3.8) is 0 Å². The summed E-state index contributed by atoms with van der Waals surface area (Å²) in [5.74, 6) is 2.08. The summed E-state index contributed by atoms with van der Waals surface area (Å²) in [5.41, 5.74) is 2.53. The Kier molecular flexibility index (Phi) is 5.63. The molecule has 6 heteroatoms. The summed E-state index contributed by atoms with van der Waals surface area (Å²) >= 11 is 0. The molecule has 0 radical (unpaired) electrons. The number of anilines is 3. The third-order valence-electron chi connectivity index (χ3n) is 3.79. The third kappa shape index (κ3) is 4.48. The number of ether oxygens (including phenoxy) is 1. The Balaban J connectivity index is 1.61. The molecule has 0 aliphatic rings. The number of nitrogens with one attached hydrogen (secondary N) is 2. The molecule has 0 saturated heterocycles. The third-order valence-corrected chi connectivity index (χ3v) is 3.79. The molecule has 0 bridgehead atoms. The van der Waals surface area contributed by atoms with Gasteiger partial charge in [-0.15, -0.1) is 0 Å². The average Bonchev–Trinajstić information content (AvgIpc) is 2.69. The lowest BCUT2D eigenvalue weighted by atomic mass is 10.1. The molecular weight excluding hydrogens is 326 g/mol. The number of benzene rings is 2. The topological polar surface area (TPSA) is 82.9 Å². The maximum Gasteiger partial charge on any atom is 0.224 e. The second-order valence-corrected chi connectivity index (χ2v) is 5.57. The molecule has 3 aromatic rings. The fraction of sp³-hybridized carbons (Fsp3) is 0.150. The van der Waals surface area contributed by atoms with Crippen LogP contribution in [-0.2, 0) is 6.42 Å². The highest BCUT2D eigenvalue weighted by Crippen LogP contribution is 2.18. The maximum atomic E-state index is 8.98. The Morgan fingerprint density at radius 2 is 2.00 bits per heavy atom. The molecule has 0 aliphatic carbocycles. The molecule has 0 unspecified atom stereocenters. The van der Waals surface area contributed by atoms with E-state index in [4.69, 9.17) is 10.00 Å². The fourth-order valence-electron chi connectivity index (χ4n) is 2.55. The minimum absolute atomic E-state index is 0.543. The van der Waals surface area contributed by atoms with Crippen LogP contribution in [0.15, 0.2) is 60.8 Å². The lowest BCUT2D eigenvalue weighted by Crippen LogP contribution is -2.09. The molecule has 3 rings (SSSR count). The van der Waals surface area contributed by atoms with Gasteiger partial charge in [-0.25, -0.2) is 4.98 Å². The predicted molar refractivity (Wildman–Crippen MR) is 102 cm³/mol. The van der Waals surface area contributed by atoms with Crippen LogP contribution in [0.2, 0.25) is 0 Å². The van der Waals surface area contributed by atoms with Gasteiger partial charge in [0, 0.05) is 18.4 Å². The molecule has 2 N–H and O–H groups in total. The van der Waals surface area contributed by atoms with E-state index in [1.165, 1.54) is 0 Å². The quantitative estimate of drug-likeness (QED) is 0.678. The average molecular weight is 345 g/mol. The van der Waals surface area contributed by atoms with Gasteiger partial charge in [-0.2, -0.15) is 10.2 Å². The lowest BCUT2D eigenvalue weighted by Gasteiger charge is -2.10. The van der Waals surface area contributed by atoms with Crippen molar-refractivity contribution in [2.24, 2.45) is 0 Å². The van der Waals surface area contributed by atoms with Gasteiger partial charge < -0.3 is 15.4 Å².